The van der Waals surface area contributed by atoms with Gasteiger partial charge in [-0.25, -0.2) is 0 Å². The summed E-state index contributed by atoms with van der Waals surface area (Å²) < 4.78 is 19.7. The molecule has 0 fully saturated rings. The smallest absolute Gasteiger partial charge is 0.390 e. The summed E-state index contributed by atoms with van der Waals surface area (Å²) in [5, 5.41) is 6.62. The molecule has 6 rings (SSSR count). The summed E-state index contributed by atoms with van der Waals surface area (Å²) in [5.41, 5.74) is 1.51. The second kappa shape index (κ2) is 7.49. The lowest BCUT2D eigenvalue weighted by molar-refractivity contribution is 0.496. The Morgan fingerprint density at radius 3 is 1.68 bits per heavy atom. The number of benzene rings is 5. The number of fused-ring (bicyclic) bond motifs is 7. The summed E-state index contributed by atoms with van der Waals surface area (Å²) in [7, 11) is -1.70. The molecular formula is C26H16BrO3P. The average molecular weight is 487 g/mol. The first kappa shape index (κ1) is 18.6. The summed E-state index contributed by atoms with van der Waals surface area (Å²) in [4.78, 5) is 0. The van der Waals surface area contributed by atoms with E-state index in [4.69, 9.17) is 12.9 Å². The van der Waals surface area contributed by atoms with Crippen LogP contribution in [0.2, 0.25) is 0 Å². The minimum atomic E-state index is -1.70. The second-order valence-corrected chi connectivity index (χ2v) is 9.10. The van der Waals surface area contributed by atoms with E-state index in [2.05, 4.69) is 76.6 Å². The highest BCUT2D eigenvalue weighted by Gasteiger charge is 2.14. The van der Waals surface area contributed by atoms with E-state index in [0.29, 0.717) is 5.75 Å². The van der Waals surface area contributed by atoms with E-state index in [1.807, 2.05) is 36.4 Å². The van der Waals surface area contributed by atoms with Crippen molar-refractivity contribution in [3.05, 3.63) is 102 Å². The summed E-state index contributed by atoms with van der Waals surface area (Å²) >= 11 is 3.55. The first-order valence-corrected chi connectivity index (χ1v) is 11.8. The Balaban J connectivity index is 1.79. The largest absolute Gasteiger partial charge is 0.453 e. The van der Waals surface area contributed by atoms with E-state index in [0.717, 1.165) is 48.0 Å². The Labute approximate surface area is 187 Å². The Morgan fingerprint density at radius 1 is 0.581 bits per heavy atom. The van der Waals surface area contributed by atoms with Gasteiger partial charge < -0.3 is 12.9 Å². The lowest BCUT2D eigenvalue weighted by Gasteiger charge is -2.05. The van der Waals surface area contributed by atoms with Crippen LogP contribution in [0.4, 0.5) is 0 Å². The predicted octanol–water partition coefficient (Wildman–Crippen LogP) is 9.20. The van der Waals surface area contributed by atoms with Crippen molar-refractivity contribution in [3.8, 4) is 5.75 Å². The van der Waals surface area contributed by atoms with Crippen molar-refractivity contribution in [2.75, 3.05) is 0 Å². The maximum atomic E-state index is 6.35. The zero-order valence-corrected chi connectivity index (χ0v) is 18.8. The molecule has 150 valence electrons. The van der Waals surface area contributed by atoms with Crippen LogP contribution >= 0.6 is 24.2 Å². The molecule has 0 saturated carbocycles. The van der Waals surface area contributed by atoms with Gasteiger partial charge in [0.1, 0.15) is 11.2 Å². The summed E-state index contributed by atoms with van der Waals surface area (Å²) in [6.07, 6.45) is 0. The number of hydrogen-bond acceptors (Lipinski definition) is 3. The molecule has 0 aliphatic rings. The van der Waals surface area contributed by atoms with Crippen molar-refractivity contribution >= 4 is 67.7 Å². The number of hydrogen-bond donors (Lipinski definition) is 0. The van der Waals surface area contributed by atoms with Gasteiger partial charge in [0, 0.05) is 10.8 Å². The molecule has 1 aromatic heterocycles. The van der Waals surface area contributed by atoms with Crippen LogP contribution in [-0.4, -0.2) is 0 Å². The molecule has 0 N–H and O–H groups in total. The first-order chi connectivity index (χ1) is 15.3. The summed E-state index contributed by atoms with van der Waals surface area (Å²) in [5.74, 6) is 0.681. The third kappa shape index (κ3) is 3.20. The van der Waals surface area contributed by atoms with Crippen LogP contribution in [0.5, 0.6) is 5.75 Å². The van der Waals surface area contributed by atoms with Gasteiger partial charge in [0.2, 0.25) is 0 Å². The van der Waals surface area contributed by atoms with Gasteiger partial charge >= 0.3 is 8.24 Å². The molecule has 5 heteroatoms. The zero-order valence-electron chi connectivity index (χ0n) is 16.3. The maximum absolute atomic E-state index is 6.35. The molecule has 0 atom stereocenters. The van der Waals surface area contributed by atoms with Crippen LogP contribution in [0, 0.1) is 0 Å². The molecule has 0 bridgehead atoms. The number of para-hydroxylation sites is 1. The molecule has 5 aromatic carbocycles. The van der Waals surface area contributed by atoms with Gasteiger partial charge in [0.05, 0.1) is 4.47 Å². The van der Waals surface area contributed by atoms with Crippen molar-refractivity contribution in [2.45, 2.75) is 0 Å². The Hall–Kier alpha value is -3.20. The molecular weight excluding hydrogens is 471 g/mol. The van der Waals surface area contributed by atoms with E-state index < -0.39 is 8.24 Å². The highest BCUT2D eigenvalue weighted by molar-refractivity contribution is 9.10. The Morgan fingerprint density at radius 2 is 1.10 bits per heavy atom. The van der Waals surface area contributed by atoms with E-state index in [1.54, 1.807) is 0 Å². The standard InChI is InChI=1S/C26H16BrO3P/c27-21-11-5-6-12-22(21)28-31-29-23-15-13-17-7-1-3-9-19(17)25(23)26-20-10-4-2-8-18(20)14-16-24(26)30-31/h1-16H. The highest BCUT2D eigenvalue weighted by Crippen LogP contribution is 2.42. The molecule has 6 aromatic rings. The molecule has 3 nitrogen and oxygen atoms in total. The van der Waals surface area contributed by atoms with Gasteiger partial charge in [-0.2, -0.15) is 0 Å². The Kier molecular flexibility index (Phi) is 4.48. The fourth-order valence-corrected chi connectivity index (χ4v) is 5.53. The van der Waals surface area contributed by atoms with Crippen LogP contribution in [0.25, 0.3) is 43.5 Å². The van der Waals surface area contributed by atoms with Crippen LogP contribution in [0.15, 0.2) is 110 Å². The molecule has 0 unspecified atom stereocenters. The molecule has 0 aliphatic carbocycles. The van der Waals surface area contributed by atoms with Crippen molar-refractivity contribution < 1.29 is 12.9 Å². The van der Waals surface area contributed by atoms with E-state index in [9.17, 15) is 0 Å². The molecule has 1 heterocycles. The van der Waals surface area contributed by atoms with Gasteiger partial charge in [0.15, 0.2) is 5.75 Å². The van der Waals surface area contributed by atoms with E-state index in [-0.39, 0.29) is 0 Å². The zero-order chi connectivity index (χ0) is 20.8. The molecule has 31 heavy (non-hydrogen) atoms. The first-order valence-electron chi connectivity index (χ1n) is 9.90. The molecule has 0 amide bonds. The van der Waals surface area contributed by atoms with Gasteiger partial charge in [-0.05, 0) is 61.7 Å². The normalized spacial score (nSPS) is 11.4. The van der Waals surface area contributed by atoms with Gasteiger partial charge in [0.25, 0.3) is 0 Å². The fraction of sp³-hybridized carbons (Fsp3) is 0. The predicted molar refractivity (Wildman–Crippen MR) is 132 cm³/mol. The van der Waals surface area contributed by atoms with Crippen molar-refractivity contribution in [3.63, 3.8) is 0 Å². The third-order valence-corrected chi connectivity index (χ3v) is 7.08. The molecule has 0 aliphatic heterocycles. The number of rotatable bonds is 2. The summed E-state index contributed by atoms with van der Waals surface area (Å²) in [6.45, 7) is 0. The van der Waals surface area contributed by atoms with Crippen LogP contribution in [0.1, 0.15) is 0 Å². The second-order valence-electron chi connectivity index (χ2n) is 7.25. The quantitative estimate of drug-likeness (QED) is 0.244. The van der Waals surface area contributed by atoms with E-state index in [1.165, 1.54) is 0 Å². The fourth-order valence-electron chi connectivity index (χ4n) is 3.99. The highest BCUT2D eigenvalue weighted by atomic mass is 79.9. The lowest BCUT2D eigenvalue weighted by Crippen LogP contribution is -1.79. The minimum Gasteiger partial charge on any atom is -0.390 e. The monoisotopic (exact) mass is 486 g/mol. The molecule has 0 saturated heterocycles. The van der Waals surface area contributed by atoms with Crippen molar-refractivity contribution in [1.29, 1.82) is 0 Å². The molecule has 0 radical (unpaired) electrons. The lowest BCUT2D eigenvalue weighted by atomic mass is 9.99. The SMILES string of the molecule is Brc1ccccc1Op1oc2ccc3ccccc3c2c2c(ccc3ccccc32)o1. The minimum absolute atomic E-state index is 0.681. The van der Waals surface area contributed by atoms with Gasteiger partial charge in [-0.1, -0.05) is 72.8 Å². The van der Waals surface area contributed by atoms with Gasteiger partial charge in [-0.3, -0.25) is 0 Å². The van der Waals surface area contributed by atoms with Crippen LogP contribution in [0.3, 0.4) is 0 Å². The van der Waals surface area contributed by atoms with Crippen molar-refractivity contribution in [1.82, 2.24) is 0 Å². The average Bonchev–Trinajstić information content (AvgIpc) is 2.97. The van der Waals surface area contributed by atoms with Gasteiger partial charge in [-0.15, -0.1) is 0 Å². The summed E-state index contributed by atoms with van der Waals surface area (Å²) in [6, 6.07) is 32.6. The molecule has 0 spiro atoms. The third-order valence-electron chi connectivity index (χ3n) is 5.39. The number of halogens is 1. The van der Waals surface area contributed by atoms with Crippen molar-refractivity contribution in [2.24, 2.45) is 0 Å². The van der Waals surface area contributed by atoms with E-state index >= 15 is 0 Å². The maximum Gasteiger partial charge on any atom is 0.453 e. The van der Waals surface area contributed by atoms with Crippen LogP contribution in [-0.2, 0) is 0 Å². The Bertz CT molecular complexity index is 1540. The van der Waals surface area contributed by atoms with Crippen LogP contribution < -0.4 is 4.52 Å². The topological polar surface area (TPSA) is 35.5 Å².